The SMILES string of the molecule is C.C[C@@H]1CC(=O)[C@@H]2CC[C@H]2CN2C[C@@]3(CCCc4cc(Cl)ccc43)COc3ccc(cc32)C(=O)NS(=O)(=O)C[C@@H](C)C1.C[C@H]1CC(=O)[C@@H]2CC[C@H]2CN2C[C@@]3(CCCc4cc(Cl)ccc43)COc3ccc(cc32)C(=O)NS(=O)(=O)C[C@@H](C)C1. The highest BCUT2D eigenvalue weighted by atomic mass is 35.5. The molecule has 2 N–H and O–H groups in total. The molecule has 8 aliphatic rings. The van der Waals surface area contributed by atoms with Crippen LogP contribution in [0.4, 0.5) is 11.4 Å². The Hall–Kier alpha value is -5.16. The van der Waals surface area contributed by atoms with Crippen molar-refractivity contribution in [3.63, 3.8) is 0 Å². The van der Waals surface area contributed by atoms with E-state index in [1.54, 1.807) is 36.4 Å². The number of Topliss-reactive ketones (excluding diaryl/α,β-unsaturated/α-hetero) is 2. The second kappa shape index (κ2) is 24.3. The lowest BCUT2D eigenvalue weighted by Crippen LogP contribution is -2.49. The van der Waals surface area contributed by atoms with Crippen LogP contribution in [0.5, 0.6) is 11.5 Å². The first-order valence-electron chi connectivity index (χ1n) is 29.8. The molecule has 83 heavy (non-hydrogen) atoms. The molecule has 2 saturated carbocycles. The van der Waals surface area contributed by atoms with E-state index in [0.29, 0.717) is 76.6 Å². The maximum absolute atomic E-state index is 13.4. The smallest absolute Gasteiger partial charge is 0.264 e. The second-order valence-corrected chi connectivity index (χ2v) is 30.5. The normalized spacial score (nSPS) is 31.3. The maximum Gasteiger partial charge on any atom is 0.264 e. The number of nitrogens with zero attached hydrogens (tertiary/aromatic N) is 2. The highest BCUT2D eigenvalue weighted by Gasteiger charge is 2.47. The van der Waals surface area contributed by atoms with Crippen molar-refractivity contribution in [2.24, 2.45) is 47.3 Å². The van der Waals surface area contributed by atoms with Gasteiger partial charge in [-0.15, -0.1) is 0 Å². The Morgan fingerprint density at radius 2 is 0.952 bits per heavy atom. The molecule has 4 bridgehead atoms. The van der Waals surface area contributed by atoms with Crippen LogP contribution < -0.4 is 28.7 Å². The number of anilines is 2. The zero-order valence-corrected chi connectivity index (χ0v) is 50.8. The number of hydrogen-bond donors (Lipinski definition) is 2. The summed E-state index contributed by atoms with van der Waals surface area (Å²) in [5, 5.41) is 1.46. The molecule has 18 heteroatoms. The number of benzene rings is 4. The minimum absolute atomic E-state index is 0. The minimum atomic E-state index is -3.84. The monoisotopic (exact) mass is 1210 g/mol. The van der Waals surface area contributed by atoms with Gasteiger partial charge in [-0.05, 0) is 195 Å². The summed E-state index contributed by atoms with van der Waals surface area (Å²) in [6, 6.07) is 22.7. The largest absolute Gasteiger partial charge is 0.490 e. The Kier molecular flexibility index (Phi) is 17.8. The average Bonchev–Trinajstić information content (AvgIpc) is 2.38. The molecule has 0 saturated heterocycles. The highest BCUT2D eigenvalue weighted by molar-refractivity contribution is 7.90. The Labute approximate surface area is 501 Å². The van der Waals surface area contributed by atoms with E-state index in [4.69, 9.17) is 32.7 Å². The van der Waals surface area contributed by atoms with E-state index in [1.807, 2.05) is 39.8 Å². The summed E-state index contributed by atoms with van der Waals surface area (Å²) in [7, 11) is -7.69. The van der Waals surface area contributed by atoms with Gasteiger partial charge in [0.15, 0.2) is 0 Å². The third kappa shape index (κ3) is 13.2. The van der Waals surface area contributed by atoms with Crippen molar-refractivity contribution in [3.05, 3.63) is 116 Å². The number of nitrogens with one attached hydrogen (secondary N) is 2. The van der Waals surface area contributed by atoms with Gasteiger partial charge in [-0.1, -0.05) is 70.5 Å². The number of amides is 2. The van der Waals surface area contributed by atoms with Crippen LogP contribution in [0, 0.1) is 47.3 Å². The first-order valence-corrected chi connectivity index (χ1v) is 33.9. The third-order valence-corrected chi connectivity index (χ3v) is 22.9. The summed E-state index contributed by atoms with van der Waals surface area (Å²) in [6.45, 7) is 11.5. The van der Waals surface area contributed by atoms with E-state index in [1.165, 1.54) is 22.3 Å². The quantitative estimate of drug-likeness (QED) is 0.170. The maximum atomic E-state index is 13.4. The van der Waals surface area contributed by atoms with Crippen LogP contribution in [0.2, 0.25) is 10.0 Å². The number of carbonyl (C=O) groups excluding carboxylic acids is 4. The van der Waals surface area contributed by atoms with E-state index in [0.717, 1.165) is 85.6 Å². The first kappa shape index (κ1) is 60.9. The number of rotatable bonds is 0. The number of ketones is 2. The molecular formula is C65H82Cl2N4O10S2. The molecule has 14 nitrogen and oxygen atoms in total. The topological polar surface area (TPSA) is 186 Å². The summed E-state index contributed by atoms with van der Waals surface area (Å²) < 4.78 is 69.2. The van der Waals surface area contributed by atoms with Crippen molar-refractivity contribution >= 4 is 78.0 Å². The van der Waals surface area contributed by atoms with Crippen molar-refractivity contribution in [3.8, 4) is 11.5 Å². The van der Waals surface area contributed by atoms with Crippen molar-refractivity contribution in [1.82, 2.24) is 9.44 Å². The number of halogens is 2. The average molecular weight is 1210 g/mol. The summed E-state index contributed by atoms with van der Waals surface area (Å²) >= 11 is 12.8. The zero-order chi connectivity index (χ0) is 57.9. The van der Waals surface area contributed by atoms with E-state index >= 15 is 0 Å². The fraction of sp³-hybridized carbons (Fsp3) is 0.569. The third-order valence-electron chi connectivity index (χ3n) is 19.4. The molecule has 0 aromatic heterocycles. The van der Waals surface area contributed by atoms with Crippen LogP contribution >= 0.6 is 23.2 Å². The molecular weight excluding hydrogens is 1130 g/mol. The van der Waals surface area contributed by atoms with Gasteiger partial charge in [-0.2, -0.15) is 0 Å². The standard InChI is InChI=1S/2C32H39ClN2O5S.CH4/c2*1-20-12-21(2)17-41(38,39)34-31(37)23-6-10-30-28(15-23)35(16-24-5-8-26(24)29(36)13-20)18-32(19-40-30)11-3-4-22-14-25(33)7-9-27(22)32;/h2*6-7,9-10,14-15,20-21,24,26H,3-5,8,11-13,16-19H2,1-2H3,(H,34,37);1H4/t20-,21+,24+,26-,32+;20-,21-,24-,26+,32-;/m10./s1. The first-order chi connectivity index (χ1) is 39.0. The number of fused-ring (bicyclic) bond motifs is 8. The lowest BCUT2D eigenvalue weighted by atomic mass is 9.68. The number of carbonyl (C=O) groups is 4. The van der Waals surface area contributed by atoms with Gasteiger partial charge in [0.05, 0.1) is 36.1 Å². The van der Waals surface area contributed by atoms with Crippen molar-refractivity contribution in [2.45, 2.75) is 136 Å². The molecule has 2 spiro atoms. The van der Waals surface area contributed by atoms with Crippen molar-refractivity contribution in [1.29, 1.82) is 0 Å². The van der Waals surface area contributed by atoms with Gasteiger partial charge in [0, 0.05) is 82.9 Å². The molecule has 4 heterocycles. The molecule has 4 aromatic rings. The summed E-state index contributed by atoms with van der Waals surface area (Å²) in [4.78, 5) is 57.9. The number of ether oxygens (including phenoxy) is 2. The molecule has 12 rings (SSSR count). The Morgan fingerprint density at radius 3 is 1.34 bits per heavy atom. The van der Waals surface area contributed by atoms with Gasteiger partial charge in [-0.25, -0.2) is 26.3 Å². The van der Waals surface area contributed by atoms with Gasteiger partial charge >= 0.3 is 0 Å². The number of hydrogen-bond acceptors (Lipinski definition) is 12. The number of sulfonamides is 2. The van der Waals surface area contributed by atoms with Gasteiger partial charge in [-0.3, -0.25) is 19.2 Å². The summed E-state index contributed by atoms with van der Waals surface area (Å²) in [5.41, 5.74) is 6.58. The van der Waals surface area contributed by atoms with Crippen LogP contribution in [0.3, 0.4) is 0 Å². The molecule has 0 unspecified atom stereocenters. The molecule has 2 fully saturated rings. The molecule has 2 amide bonds. The van der Waals surface area contributed by atoms with Gasteiger partial charge in [0.1, 0.15) is 23.1 Å². The van der Waals surface area contributed by atoms with Gasteiger partial charge in [0.2, 0.25) is 20.0 Å². The highest BCUT2D eigenvalue weighted by Crippen LogP contribution is 2.49. The zero-order valence-electron chi connectivity index (χ0n) is 47.7. The van der Waals surface area contributed by atoms with Crippen LogP contribution in [-0.2, 0) is 53.3 Å². The fourth-order valence-corrected chi connectivity index (χ4v) is 18.5. The van der Waals surface area contributed by atoms with E-state index < -0.39 is 31.9 Å². The van der Waals surface area contributed by atoms with E-state index in [-0.39, 0.29) is 99.8 Å². The second-order valence-electron chi connectivity index (χ2n) is 26.1. The molecule has 4 aliphatic heterocycles. The summed E-state index contributed by atoms with van der Waals surface area (Å²) in [5.74, 6) is 0.648. The van der Waals surface area contributed by atoms with Crippen LogP contribution in [0.1, 0.15) is 155 Å². The van der Waals surface area contributed by atoms with Gasteiger partial charge in [0.25, 0.3) is 11.8 Å². The number of aryl methyl sites for hydroxylation is 2. The fourth-order valence-electron chi connectivity index (χ4n) is 15.4. The summed E-state index contributed by atoms with van der Waals surface area (Å²) in [6.07, 6.45) is 11.8. The minimum Gasteiger partial charge on any atom is -0.490 e. The van der Waals surface area contributed by atoms with E-state index in [9.17, 15) is 36.0 Å². The van der Waals surface area contributed by atoms with Crippen molar-refractivity contribution in [2.75, 3.05) is 60.7 Å². The van der Waals surface area contributed by atoms with Crippen LogP contribution in [-0.4, -0.2) is 91.1 Å². The molecule has 0 radical (unpaired) electrons. The predicted octanol–water partition coefficient (Wildman–Crippen LogP) is 11.7. The molecule has 10 atom stereocenters. The van der Waals surface area contributed by atoms with Crippen molar-refractivity contribution < 1.29 is 45.5 Å². The van der Waals surface area contributed by atoms with Gasteiger partial charge < -0.3 is 19.3 Å². The Balaban J connectivity index is 0.000000183. The molecule has 4 aliphatic carbocycles. The van der Waals surface area contributed by atoms with Crippen LogP contribution in [0.25, 0.3) is 0 Å². The van der Waals surface area contributed by atoms with E-state index in [2.05, 4.69) is 43.5 Å². The lowest BCUT2D eigenvalue weighted by molar-refractivity contribution is -0.129. The predicted molar refractivity (Wildman–Crippen MR) is 327 cm³/mol. The van der Waals surface area contributed by atoms with Crippen LogP contribution in [0.15, 0.2) is 72.8 Å². The Bertz CT molecular complexity index is 3170. The molecule has 448 valence electrons. The molecule has 4 aromatic carbocycles. The Morgan fingerprint density at radius 1 is 0.542 bits per heavy atom. The lowest BCUT2D eigenvalue weighted by Gasteiger charge is -2.44.